The number of nitriles is 1. The van der Waals surface area contributed by atoms with Crippen molar-refractivity contribution in [2.24, 2.45) is 5.73 Å². The standard InChI is InChI=1S/C16H17BrN2S2/c17-12-6-4-5-11(9-12)14-13(10-18)15(19)21-16(20-14)7-2-1-3-8-16/h4-6,9,14H,1-3,7-8,19H2/t14-/m0/s1. The van der Waals surface area contributed by atoms with Gasteiger partial charge in [0.25, 0.3) is 0 Å². The van der Waals surface area contributed by atoms with Gasteiger partial charge in [-0.15, -0.1) is 11.8 Å². The number of benzene rings is 1. The summed E-state index contributed by atoms with van der Waals surface area (Å²) in [6.07, 6.45) is 6.22. The number of thioether (sulfide) groups is 2. The molecule has 1 fully saturated rings. The van der Waals surface area contributed by atoms with Crippen LogP contribution < -0.4 is 5.73 Å². The lowest BCUT2D eigenvalue weighted by atomic mass is 9.99. The van der Waals surface area contributed by atoms with Gasteiger partial charge in [0.2, 0.25) is 0 Å². The normalized spacial score (nSPS) is 24.9. The lowest BCUT2D eigenvalue weighted by Gasteiger charge is -2.42. The predicted molar refractivity (Wildman–Crippen MR) is 94.7 cm³/mol. The van der Waals surface area contributed by atoms with E-state index < -0.39 is 0 Å². The smallest absolute Gasteiger partial charge is 0.0990 e. The minimum absolute atomic E-state index is 0.0619. The molecule has 2 aliphatic rings. The van der Waals surface area contributed by atoms with Crippen molar-refractivity contribution in [1.29, 1.82) is 5.26 Å². The molecular formula is C16H17BrN2S2. The highest BCUT2D eigenvalue weighted by atomic mass is 79.9. The first kappa shape index (κ1) is 15.3. The van der Waals surface area contributed by atoms with E-state index in [4.69, 9.17) is 5.73 Å². The van der Waals surface area contributed by atoms with Crippen LogP contribution in [-0.2, 0) is 0 Å². The quantitative estimate of drug-likeness (QED) is 0.715. The van der Waals surface area contributed by atoms with Crippen LogP contribution in [0.3, 0.4) is 0 Å². The maximum atomic E-state index is 9.52. The van der Waals surface area contributed by atoms with E-state index >= 15 is 0 Å². The summed E-state index contributed by atoms with van der Waals surface area (Å²) in [4.78, 5) is 0. The number of hydrogen-bond donors (Lipinski definition) is 1. The Balaban J connectivity index is 2.00. The summed E-state index contributed by atoms with van der Waals surface area (Å²) in [6, 6.07) is 10.6. The van der Waals surface area contributed by atoms with Gasteiger partial charge in [-0.2, -0.15) is 5.26 Å². The van der Waals surface area contributed by atoms with E-state index in [0.29, 0.717) is 0 Å². The Bertz CT molecular complexity index is 615. The highest BCUT2D eigenvalue weighted by Crippen LogP contribution is 2.61. The molecular weight excluding hydrogens is 364 g/mol. The van der Waals surface area contributed by atoms with Gasteiger partial charge >= 0.3 is 0 Å². The third kappa shape index (κ3) is 3.13. The molecule has 2 N–H and O–H groups in total. The summed E-state index contributed by atoms with van der Waals surface area (Å²) in [5.41, 5.74) is 8.14. The van der Waals surface area contributed by atoms with Gasteiger partial charge in [-0.25, -0.2) is 0 Å². The summed E-state index contributed by atoms with van der Waals surface area (Å²) in [6.45, 7) is 0. The molecule has 1 saturated carbocycles. The van der Waals surface area contributed by atoms with Crippen LogP contribution in [0.1, 0.15) is 42.9 Å². The third-order valence-corrected chi connectivity index (χ3v) is 7.88. The molecule has 2 nitrogen and oxygen atoms in total. The van der Waals surface area contributed by atoms with Crippen LogP contribution in [0.15, 0.2) is 39.3 Å². The van der Waals surface area contributed by atoms with E-state index in [-0.39, 0.29) is 9.33 Å². The molecule has 0 unspecified atom stereocenters. The molecule has 1 aliphatic carbocycles. The summed E-state index contributed by atoms with van der Waals surface area (Å²) in [7, 11) is 0. The number of hydrogen-bond acceptors (Lipinski definition) is 4. The first-order valence-corrected chi connectivity index (χ1v) is 9.64. The highest BCUT2D eigenvalue weighted by molar-refractivity contribution is 9.10. The molecule has 3 rings (SSSR count). The Hall–Kier alpha value is -0.570. The Morgan fingerprint density at radius 3 is 2.71 bits per heavy atom. The minimum atomic E-state index is 0.0619. The maximum absolute atomic E-state index is 9.52. The molecule has 21 heavy (non-hydrogen) atoms. The van der Waals surface area contributed by atoms with Gasteiger partial charge in [-0.05, 0) is 30.5 Å². The van der Waals surface area contributed by atoms with Gasteiger partial charge < -0.3 is 5.73 Å². The van der Waals surface area contributed by atoms with Gasteiger partial charge in [0.05, 0.1) is 26.0 Å². The van der Waals surface area contributed by atoms with Crippen LogP contribution in [0.2, 0.25) is 0 Å². The fourth-order valence-electron chi connectivity index (χ4n) is 3.01. The molecule has 1 atom stereocenters. The number of nitrogens with zero attached hydrogens (tertiary/aromatic N) is 1. The van der Waals surface area contributed by atoms with Gasteiger partial charge in [-0.3, -0.25) is 0 Å². The van der Waals surface area contributed by atoms with E-state index in [0.717, 1.165) is 15.1 Å². The molecule has 1 heterocycles. The number of rotatable bonds is 1. The Labute approximate surface area is 142 Å². The van der Waals surface area contributed by atoms with Crippen molar-refractivity contribution >= 4 is 39.5 Å². The third-order valence-electron chi connectivity index (χ3n) is 4.04. The minimum Gasteiger partial charge on any atom is -0.393 e. The molecule has 0 amide bonds. The molecule has 1 aliphatic heterocycles. The molecule has 0 radical (unpaired) electrons. The second-order valence-corrected chi connectivity index (χ2v) is 9.60. The molecule has 110 valence electrons. The van der Waals surface area contributed by atoms with Crippen molar-refractivity contribution in [2.75, 3.05) is 0 Å². The van der Waals surface area contributed by atoms with Crippen LogP contribution in [0.25, 0.3) is 0 Å². The molecule has 0 saturated heterocycles. The van der Waals surface area contributed by atoms with E-state index in [2.05, 4.69) is 34.1 Å². The van der Waals surface area contributed by atoms with E-state index in [1.54, 1.807) is 11.8 Å². The van der Waals surface area contributed by atoms with E-state index in [9.17, 15) is 5.26 Å². The largest absolute Gasteiger partial charge is 0.393 e. The van der Waals surface area contributed by atoms with Gasteiger partial charge in [0.15, 0.2) is 0 Å². The fraction of sp³-hybridized carbons (Fsp3) is 0.438. The zero-order chi connectivity index (χ0) is 14.9. The molecule has 0 aromatic heterocycles. The Morgan fingerprint density at radius 1 is 1.29 bits per heavy atom. The Kier molecular flexibility index (Phi) is 4.58. The van der Waals surface area contributed by atoms with Crippen LogP contribution in [0.5, 0.6) is 0 Å². The van der Waals surface area contributed by atoms with Crippen LogP contribution in [-0.4, -0.2) is 4.08 Å². The van der Waals surface area contributed by atoms with Crippen LogP contribution in [0.4, 0.5) is 0 Å². The van der Waals surface area contributed by atoms with Crippen molar-refractivity contribution < 1.29 is 0 Å². The lowest BCUT2D eigenvalue weighted by molar-refractivity contribution is 0.489. The monoisotopic (exact) mass is 380 g/mol. The molecule has 5 heteroatoms. The summed E-state index contributed by atoms with van der Waals surface area (Å²) in [5.74, 6) is 0. The zero-order valence-electron chi connectivity index (χ0n) is 11.6. The summed E-state index contributed by atoms with van der Waals surface area (Å²) in [5, 5.41) is 10.3. The molecule has 0 bridgehead atoms. The highest BCUT2D eigenvalue weighted by Gasteiger charge is 2.42. The predicted octanol–water partition coefficient (Wildman–Crippen LogP) is 5.32. The Morgan fingerprint density at radius 2 is 2.05 bits per heavy atom. The molecule has 1 aromatic rings. The topological polar surface area (TPSA) is 49.8 Å². The van der Waals surface area contributed by atoms with Crippen molar-refractivity contribution in [3.63, 3.8) is 0 Å². The number of halogens is 1. The average molecular weight is 381 g/mol. The van der Waals surface area contributed by atoms with Crippen LogP contribution in [0, 0.1) is 11.3 Å². The van der Waals surface area contributed by atoms with Crippen molar-refractivity contribution in [3.05, 3.63) is 44.9 Å². The van der Waals surface area contributed by atoms with E-state index in [1.807, 2.05) is 23.9 Å². The first-order chi connectivity index (χ1) is 10.1. The van der Waals surface area contributed by atoms with Crippen molar-refractivity contribution in [1.82, 2.24) is 0 Å². The SMILES string of the molecule is N#CC1=C(N)SC2(CCCCC2)S[C@H]1c1cccc(Br)c1. The average Bonchev–Trinajstić information content (AvgIpc) is 2.47. The summed E-state index contributed by atoms with van der Waals surface area (Å²) >= 11 is 7.19. The van der Waals surface area contributed by atoms with Crippen LogP contribution >= 0.6 is 39.5 Å². The van der Waals surface area contributed by atoms with Gasteiger partial charge in [0, 0.05) is 4.47 Å². The molecule has 1 aromatic carbocycles. The maximum Gasteiger partial charge on any atom is 0.0990 e. The number of nitrogens with two attached hydrogens (primary N) is 1. The van der Waals surface area contributed by atoms with Gasteiger partial charge in [-0.1, -0.05) is 59.1 Å². The first-order valence-electron chi connectivity index (χ1n) is 7.16. The lowest BCUT2D eigenvalue weighted by Crippen LogP contribution is -2.30. The van der Waals surface area contributed by atoms with Crippen molar-refractivity contribution in [2.45, 2.75) is 41.4 Å². The summed E-state index contributed by atoms with van der Waals surface area (Å²) < 4.78 is 1.21. The van der Waals surface area contributed by atoms with Crippen molar-refractivity contribution in [3.8, 4) is 6.07 Å². The second kappa shape index (κ2) is 6.28. The van der Waals surface area contributed by atoms with Gasteiger partial charge in [0.1, 0.15) is 0 Å². The second-order valence-electron chi connectivity index (χ2n) is 5.52. The molecule has 1 spiro atoms. The fourth-order valence-corrected chi connectivity index (χ4v) is 6.95. The zero-order valence-corrected chi connectivity index (χ0v) is 14.9. The van der Waals surface area contributed by atoms with E-state index in [1.165, 1.54) is 37.7 Å².